The van der Waals surface area contributed by atoms with E-state index in [1.54, 1.807) is 42.5 Å². The minimum Gasteiger partial charge on any atom is -0.465 e. The molecular formula is C14H11FO2. The monoisotopic (exact) mass is 230 g/mol. The first-order valence-electron chi connectivity index (χ1n) is 5.16. The maximum atomic E-state index is 13.7. The highest BCUT2D eigenvalue weighted by Crippen LogP contribution is 2.26. The van der Waals surface area contributed by atoms with Crippen molar-refractivity contribution in [3.63, 3.8) is 0 Å². The first kappa shape index (κ1) is 11.3. The topological polar surface area (TPSA) is 26.3 Å². The van der Waals surface area contributed by atoms with Gasteiger partial charge in [0.2, 0.25) is 0 Å². The molecule has 86 valence electrons. The average Bonchev–Trinajstić information content (AvgIpc) is 2.38. The van der Waals surface area contributed by atoms with Gasteiger partial charge in [0.05, 0.1) is 12.7 Å². The minimum absolute atomic E-state index is 0.358. The van der Waals surface area contributed by atoms with Gasteiger partial charge in [-0.3, -0.25) is 0 Å². The van der Waals surface area contributed by atoms with Crippen molar-refractivity contribution < 1.29 is 13.9 Å². The Morgan fingerprint density at radius 1 is 1.00 bits per heavy atom. The van der Waals surface area contributed by atoms with Crippen molar-refractivity contribution in [1.82, 2.24) is 0 Å². The van der Waals surface area contributed by atoms with Gasteiger partial charge in [0.1, 0.15) is 5.82 Å². The summed E-state index contributed by atoms with van der Waals surface area (Å²) in [6.45, 7) is 0. The largest absolute Gasteiger partial charge is 0.465 e. The molecule has 3 heteroatoms. The minimum atomic E-state index is -0.469. The number of esters is 1. The van der Waals surface area contributed by atoms with Crippen LogP contribution in [0.5, 0.6) is 0 Å². The van der Waals surface area contributed by atoms with E-state index in [1.807, 2.05) is 0 Å². The van der Waals surface area contributed by atoms with Crippen LogP contribution in [-0.2, 0) is 4.74 Å². The lowest BCUT2D eigenvalue weighted by Gasteiger charge is -2.08. The normalized spacial score (nSPS) is 10.0. The van der Waals surface area contributed by atoms with Gasteiger partial charge in [-0.15, -0.1) is 0 Å². The number of benzene rings is 2. The van der Waals surface area contributed by atoms with Crippen LogP contribution in [0.2, 0.25) is 0 Å². The Kier molecular flexibility index (Phi) is 3.19. The molecule has 0 N–H and O–H groups in total. The van der Waals surface area contributed by atoms with E-state index in [-0.39, 0.29) is 5.82 Å². The van der Waals surface area contributed by atoms with Crippen LogP contribution in [0.3, 0.4) is 0 Å². The van der Waals surface area contributed by atoms with Gasteiger partial charge in [0, 0.05) is 5.56 Å². The van der Waals surface area contributed by atoms with Crippen molar-refractivity contribution in [2.75, 3.05) is 7.11 Å². The lowest BCUT2D eigenvalue weighted by Crippen LogP contribution is -2.03. The zero-order valence-electron chi connectivity index (χ0n) is 9.31. The van der Waals surface area contributed by atoms with Crippen LogP contribution in [0.4, 0.5) is 4.39 Å². The summed E-state index contributed by atoms with van der Waals surface area (Å²) in [6.07, 6.45) is 0. The average molecular weight is 230 g/mol. The van der Waals surface area contributed by atoms with Crippen molar-refractivity contribution in [1.29, 1.82) is 0 Å². The van der Waals surface area contributed by atoms with Gasteiger partial charge in [-0.05, 0) is 17.7 Å². The molecule has 0 aliphatic heterocycles. The van der Waals surface area contributed by atoms with E-state index in [2.05, 4.69) is 4.74 Å². The molecule has 2 aromatic carbocycles. The van der Waals surface area contributed by atoms with Crippen LogP contribution in [0, 0.1) is 5.82 Å². The molecule has 0 aliphatic carbocycles. The van der Waals surface area contributed by atoms with Gasteiger partial charge in [-0.25, -0.2) is 9.18 Å². The van der Waals surface area contributed by atoms with Gasteiger partial charge in [-0.2, -0.15) is 0 Å². The molecule has 2 aromatic rings. The van der Waals surface area contributed by atoms with Crippen LogP contribution < -0.4 is 0 Å². The van der Waals surface area contributed by atoms with E-state index in [4.69, 9.17) is 0 Å². The molecule has 2 nitrogen and oxygen atoms in total. The second-order valence-electron chi connectivity index (χ2n) is 3.52. The fourth-order valence-electron chi connectivity index (χ4n) is 1.69. The van der Waals surface area contributed by atoms with Crippen LogP contribution in [-0.4, -0.2) is 13.1 Å². The predicted molar refractivity (Wildman–Crippen MR) is 63.2 cm³/mol. The number of halogens is 1. The van der Waals surface area contributed by atoms with E-state index in [9.17, 15) is 9.18 Å². The van der Waals surface area contributed by atoms with E-state index in [1.165, 1.54) is 13.2 Å². The summed E-state index contributed by atoms with van der Waals surface area (Å²) >= 11 is 0. The predicted octanol–water partition coefficient (Wildman–Crippen LogP) is 3.28. The van der Waals surface area contributed by atoms with Gasteiger partial charge < -0.3 is 4.74 Å². The number of carbonyl (C=O) groups is 1. The molecule has 0 heterocycles. The van der Waals surface area contributed by atoms with Crippen LogP contribution in [0.25, 0.3) is 11.1 Å². The molecule has 0 radical (unpaired) electrons. The molecule has 0 amide bonds. The number of hydrogen-bond donors (Lipinski definition) is 0. The van der Waals surface area contributed by atoms with Crippen LogP contribution >= 0.6 is 0 Å². The van der Waals surface area contributed by atoms with Crippen molar-refractivity contribution in [2.45, 2.75) is 0 Å². The van der Waals surface area contributed by atoms with E-state index < -0.39 is 5.97 Å². The smallest absolute Gasteiger partial charge is 0.338 e. The standard InChI is InChI=1S/C14H11FO2/c1-17-14(16)12-8-3-2-6-10(12)11-7-4-5-9-13(11)15/h2-9H,1H3. The Balaban J connectivity index is 2.60. The van der Waals surface area contributed by atoms with Crippen molar-refractivity contribution in [3.8, 4) is 11.1 Å². The Hall–Kier alpha value is -2.16. The summed E-state index contributed by atoms with van der Waals surface area (Å²) in [4.78, 5) is 11.6. The molecule has 0 saturated carbocycles. The second-order valence-corrected chi connectivity index (χ2v) is 3.52. The molecule has 0 aromatic heterocycles. The maximum absolute atomic E-state index is 13.7. The molecule has 0 aliphatic rings. The Labute approximate surface area is 98.7 Å². The lowest BCUT2D eigenvalue weighted by molar-refractivity contribution is 0.0601. The fourth-order valence-corrected chi connectivity index (χ4v) is 1.69. The van der Waals surface area contributed by atoms with Crippen molar-refractivity contribution >= 4 is 5.97 Å². The molecule has 0 spiro atoms. The highest BCUT2D eigenvalue weighted by molar-refractivity contribution is 5.97. The van der Waals surface area contributed by atoms with E-state index in [0.717, 1.165) is 0 Å². The number of ether oxygens (including phenoxy) is 1. The summed E-state index contributed by atoms with van der Waals surface area (Å²) in [5, 5.41) is 0. The Bertz CT molecular complexity index is 549. The molecule has 2 rings (SSSR count). The molecule has 0 saturated heterocycles. The van der Waals surface area contributed by atoms with Crippen LogP contribution in [0.1, 0.15) is 10.4 Å². The van der Waals surface area contributed by atoms with Crippen molar-refractivity contribution in [2.24, 2.45) is 0 Å². The lowest BCUT2D eigenvalue weighted by atomic mass is 9.99. The zero-order chi connectivity index (χ0) is 12.3. The summed E-state index contributed by atoms with van der Waals surface area (Å²) in [5.74, 6) is -0.826. The third kappa shape index (κ3) is 2.18. The van der Waals surface area contributed by atoms with Crippen molar-refractivity contribution in [3.05, 3.63) is 59.9 Å². The van der Waals surface area contributed by atoms with Gasteiger partial charge in [-0.1, -0.05) is 36.4 Å². The summed E-state index contributed by atoms with van der Waals surface area (Å²) in [6, 6.07) is 13.1. The Morgan fingerprint density at radius 3 is 2.24 bits per heavy atom. The Morgan fingerprint density at radius 2 is 1.59 bits per heavy atom. The molecule has 0 fully saturated rings. The molecular weight excluding hydrogens is 219 g/mol. The van der Waals surface area contributed by atoms with Gasteiger partial charge in [0.25, 0.3) is 0 Å². The van der Waals surface area contributed by atoms with Gasteiger partial charge >= 0.3 is 5.97 Å². The van der Waals surface area contributed by atoms with E-state index in [0.29, 0.717) is 16.7 Å². The third-order valence-corrected chi connectivity index (χ3v) is 2.50. The summed E-state index contributed by atoms with van der Waals surface area (Å²) < 4.78 is 18.3. The maximum Gasteiger partial charge on any atom is 0.338 e. The molecule has 17 heavy (non-hydrogen) atoms. The number of hydrogen-bond acceptors (Lipinski definition) is 2. The molecule has 0 unspecified atom stereocenters. The molecule has 0 atom stereocenters. The number of rotatable bonds is 2. The first-order chi connectivity index (χ1) is 8.24. The SMILES string of the molecule is COC(=O)c1ccccc1-c1ccccc1F. The second kappa shape index (κ2) is 4.78. The molecule has 0 bridgehead atoms. The van der Waals surface area contributed by atoms with E-state index >= 15 is 0 Å². The summed E-state index contributed by atoms with van der Waals surface area (Å²) in [7, 11) is 1.31. The third-order valence-electron chi connectivity index (χ3n) is 2.50. The summed E-state index contributed by atoms with van der Waals surface area (Å²) in [5.41, 5.74) is 1.30. The van der Waals surface area contributed by atoms with Crippen LogP contribution in [0.15, 0.2) is 48.5 Å². The fraction of sp³-hybridized carbons (Fsp3) is 0.0714. The quantitative estimate of drug-likeness (QED) is 0.740. The zero-order valence-corrected chi connectivity index (χ0v) is 9.31. The highest BCUT2D eigenvalue weighted by atomic mass is 19.1. The number of carbonyl (C=O) groups excluding carboxylic acids is 1. The highest BCUT2D eigenvalue weighted by Gasteiger charge is 2.14. The first-order valence-corrected chi connectivity index (χ1v) is 5.16. The number of methoxy groups -OCH3 is 1. The van der Waals surface area contributed by atoms with Gasteiger partial charge in [0.15, 0.2) is 0 Å².